The number of halogens is 3. The molecule has 1 aliphatic rings. The predicted octanol–water partition coefficient (Wildman–Crippen LogP) is 3.25. The normalized spacial score (nSPS) is 33.1. The molecule has 2 nitrogen and oxygen atoms in total. The fourth-order valence-electron chi connectivity index (χ4n) is 3.10. The van der Waals surface area contributed by atoms with Crippen molar-refractivity contribution in [2.75, 3.05) is 6.54 Å². The van der Waals surface area contributed by atoms with Crippen molar-refractivity contribution < 1.29 is 13.2 Å². The van der Waals surface area contributed by atoms with E-state index in [1.165, 1.54) is 0 Å². The number of nitriles is 1. The second kappa shape index (κ2) is 4.49. The molecular weight excluding hydrogens is 229 g/mol. The second-order valence-electron chi connectivity index (χ2n) is 6.02. The number of alkyl halides is 3. The van der Waals surface area contributed by atoms with Crippen molar-refractivity contribution >= 4 is 0 Å². The minimum Gasteiger partial charge on any atom is -0.291 e. The minimum atomic E-state index is -4.27. The highest BCUT2D eigenvalue weighted by atomic mass is 19.4. The first-order chi connectivity index (χ1) is 7.58. The number of hydrogen-bond donors (Lipinski definition) is 1. The van der Waals surface area contributed by atoms with Crippen LogP contribution in [0, 0.1) is 22.7 Å². The van der Waals surface area contributed by atoms with Gasteiger partial charge in [-0.15, -0.1) is 0 Å². The zero-order chi connectivity index (χ0) is 13.3. The lowest BCUT2D eigenvalue weighted by Gasteiger charge is -2.44. The molecule has 1 rings (SSSR count). The molecule has 0 aromatic rings. The van der Waals surface area contributed by atoms with E-state index in [-0.39, 0.29) is 11.3 Å². The summed E-state index contributed by atoms with van der Waals surface area (Å²) in [5, 5.41) is 11.6. The summed E-state index contributed by atoms with van der Waals surface area (Å²) in [4.78, 5) is 0. The van der Waals surface area contributed by atoms with Crippen LogP contribution >= 0.6 is 0 Å². The highest BCUT2D eigenvalue weighted by molar-refractivity contribution is 5.12. The molecule has 0 saturated heterocycles. The molecule has 1 N–H and O–H groups in total. The topological polar surface area (TPSA) is 35.8 Å². The molecule has 0 heterocycles. The molecule has 0 radical (unpaired) electrons. The Balaban J connectivity index is 2.78. The summed E-state index contributed by atoms with van der Waals surface area (Å²) in [5.74, 6) is 0.263. The van der Waals surface area contributed by atoms with Crippen LogP contribution in [0.15, 0.2) is 0 Å². The third-order valence-corrected chi connectivity index (χ3v) is 3.22. The van der Waals surface area contributed by atoms with Crippen LogP contribution in [0.1, 0.15) is 40.0 Å². The van der Waals surface area contributed by atoms with E-state index in [1.807, 2.05) is 20.8 Å². The summed E-state index contributed by atoms with van der Waals surface area (Å²) in [6.07, 6.45) is -2.36. The Kier molecular flexibility index (Phi) is 3.78. The molecule has 1 aliphatic carbocycles. The van der Waals surface area contributed by atoms with Gasteiger partial charge in [0.05, 0.1) is 12.6 Å². The van der Waals surface area contributed by atoms with Crippen LogP contribution in [-0.2, 0) is 0 Å². The molecular formula is C12H19F3N2. The fourth-order valence-corrected chi connectivity index (χ4v) is 3.10. The summed E-state index contributed by atoms with van der Waals surface area (Å²) >= 11 is 0. The fraction of sp³-hybridized carbons (Fsp3) is 0.917. The van der Waals surface area contributed by atoms with Gasteiger partial charge in [-0.3, -0.25) is 5.32 Å². The summed E-state index contributed by atoms with van der Waals surface area (Å²) in [5.41, 5.74) is -1.12. The van der Waals surface area contributed by atoms with Crippen LogP contribution in [-0.4, -0.2) is 18.3 Å². The maximum absolute atomic E-state index is 12.2. The summed E-state index contributed by atoms with van der Waals surface area (Å²) in [6.45, 7) is 4.90. The Labute approximate surface area is 100 Å². The van der Waals surface area contributed by atoms with Crippen molar-refractivity contribution in [3.63, 3.8) is 0 Å². The highest BCUT2D eigenvalue weighted by Crippen LogP contribution is 2.43. The van der Waals surface area contributed by atoms with E-state index in [2.05, 4.69) is 11.4 Å². The van der Waals surface area contributed by atoms with Gasteiger partial charge in [0.25, 0.3) is 0 Å². The Morgan fingerprint density at radius 1 is 1.35 bits per heavy atom. The van der Waals surface area contributed by atoms with Crippen molar-refractivity contribution in [1.82, 2.24) is 5.32 Å². The molecule has 1 saturated carbocycles. The molecule has 0 aliphatic heterocycles. The van der Waals surface area contributed by atoms with Crippen LogP contribution in [0.4, 0.5) is 13.2 Å². The van der Waals surface area contributed by atoms with E-state index < -0.39 is 18.3 Å². The number of nitrogens with one attached hydrogen (secondary N) is 1. The van der Waals surface area contributed by atoms with Crippen LogP contribution < -0.4 is 5.32 Å². The Morgan fingerprint density at radius 2 is 1.94 bits per heavy atom. The van der Waals surface area contributed by atoms with Gasteiger partial charge in [0.15, 0.2) is 0 Å². The van der Waals surface area contributed by atoms with Gasteiger partial charge in [-0.25, -0.2) is 0 Å². The van der Waals surface area contributed by atoms with E-state index in [0.29, 0.717) is 12.8 Å². The number of nitrogens with zero attached hydrogens (tertiary/aromatic N) is 1. The predicted molar refractivity (Wildman–Crippen MR) is 59.2 cm³/mol. The first-order valence-corrected chi connectivity index (χ1v) is 5.81. The van der Waals surface area contributed by atoms with Gasteiger partial charge >= 0.3 is 6.18 Å². The lowest BCUT2D eigenvalue weighted by molar-refractivity contribution is -0.129. The summed E-state index contributed by atoms with van der Waals surface area (Å²) in [7, 11) is 0. The maximum atomic E-state index is 12.2. The van der Waals surface area contributed by atoms with Crippen molar-refractivity contribution in [3.05, 3.63) is 0 Å². The van der Waals surface area contributed by atoms with Crippen molar-refractivity contribution in [2.24, 2.45) is 11.3 Å². The minimum absolute atomic E-state index is 0.0913. The maximum Gasteiger partial charge on any atom is 0.401 e. The lowest BCUT2D eigenvalue weighted by atomic mass is 9.65. The lowest BCUT2D eigenvalue weighted by Crippen LogP contribution is -2.54. The first-order valence-electron chi connectivity index (χ1n) is 5.81. The van der Waals surface area contributed by atoms with Crippen LogP contribution in [0.2, 0.25) is 0 Å². The van der Waals surface area contributed by atoms with Gasteiger partial charge < -0.3 is 0 Å². The molecule has 98 valence electrons. The van der Waals surface area contributed by atoms with Gasteiger partial charge in [0.2, 0.25) is 0 Å². The molecule has 17 heavy (non-hydrogen) atoms. The molecule has 5 heteroatoms. The molecule has 2 atom stereocenters. The number of rotatable bonds is 2. The zero-order valence-corrected chi connectivity index (χ0v) is 10.5. The highest BCUT2D eigenvalue weighted by Gasteiger charge is 2.44. The monoisotopic (exact) mass is 248 g/mol. The van der Waals surface area contributed by atoms with Gasteiger partial charge in [-0.05, 0) is 30.6 Å². The standard InChI is InChI=1S/C12H19F3N2/c1-9-4-10(2,3)6-11(5-9,7-16)17-8-12(13,14)15/h9,17H,4-6,8H2,1-3H3. The SMILES string of the molecule is CC1CC(C)(C)CC(C#N)(NCC(F)(F)F)C1. The average molecular weight is 248 g/mol. The van der Waals surface area contributed by atoms with Crippen molar-refractivity contribution in [1.29, 1.82) is 5.26 Å². The molecule has 0 aromatic heterocycles. The first kappa shape index (κ1) is 14.3. The van der Waals surface area contributed by atoms with Gasteiger partial charge in [0.1, 0.15) is 5.54 Å². The molecule has 0 bridgehead atoms. The van der Waals surface area contributed by atoms with Crippen LogP contribution in [0.25, 0.3) is 0 Å². The Bertz CT molecular complexity index is 317. The Morgan fingerprint density at radius 3 is 2.35 bits per heavy atom. The average Bonchev–Trinajstić information content (AvgIpc) is 2.10. The van der Waals surface area contributed by atoms with Gasteiger partial charge in [-0.2, -0.15) is 18.4 Å². The van der Waals surface area contributed by atoms with E-state index >= 15 is 0 Å². The Hall–Kier alpha value is -0.760. The van der Waals surface area contributed by atoms with E-state index in [1.54, 1.807) is 0 Å². The molecule has 2 unspecified atom stereocenters. The van der Waals surface area contributed by atoms with E-state index in [0.717, 1.165) is 6.42 Å². The third-order valence-electron chi connectivity index (χ3n) is 3.22. The third kappa shape index (κ3) is 4.19. The zero-order valence-electron chi connectivity index (χ0n) is 10.5. The quantitative estimate of drug-likeness (QED) is 0.814. The molecule has 0 spiro atoms. The van der Waals surface area contributed by atoms with Crippen LogP contribution in [0.3, 0.4) is 0 Å². The summed E-state index contributed by atoms with van der Waals surface area (Å²) < 4.78 is 36.7. The van der Waals surface area contributed by atoms with Crippen molar-refractivity contribution in [3.8, 4) is 6.07 Å². The molecule has 0 aromatic carbocycles. The molecule has 0 amide bonds. The smallest absolute Gasteiger partial charge is 0.291 e. The summed E-state index contributed by atoms with van der Waals surface area (Å²) in [6, 6.07) is 2.06. The second-order valence-corrected chi connectivity index (χ2v) is 6.02. The van der Waals surface area contributed by atoms with E-state index in [9.17, 15) is 18.4 Å². The van der Waals surface area contributed by atoms with Crippen LogP contribution in [0.5, 0.6) is 0 Å². The van der Waals surface area contributed by atoms with E-state index in [4.69, 9.17) is 0 Å². The molecule has 1 fully saturated rings. The van der Waals surface area contributed by atoms with Gasteiger partial charge in [-0.1, -0.05) is 20.8 Å². The van der Waals surface area contributed by atoms with Crippen molar-refractivity contribution in [2.45, 2.75) is 51.7 Å². The van der Waals surface area contributed by atoms with Gasteiger partial charge in [0, 0.05) is 0 Å². The largest absolute Gasteiger partial charge is 0.401 e. The number of hydrogen-bond acceptors (Lipinski definition) is 2.